The minimum absolute atomic E-state index is 0.210. The van der Waals surface area contributed by atoms with E-state index in [1.807, 2.05) is 85.8 Å². The molecule has 0 saturated heterocycles. The molecule has 0 radical (unpaired) electrons. The summed E-state index contributed by atoms with van der Waals surface area (Å²) >= 11 is 6.97. The molecule has 0 atom stereocenters. The molecular formula is C29H18Br2N2O2. The van der Waals surface area contributed by atoms with Crippen molar-refractivity contribution >= 4 is 76.4 Å². The maximum absolute atomic E-state index is 14.4. The maximum atomic E-state index is 14.4. The average molecular weight is 586 g/mol. The van der Waals surface area contributed by atoms with Gasteiger partial charge >= 0.3 is 0 Å². The normalized spacial score (nSPS) is 14.6. The van der Waals surface area contributed by atoms with Crippen LogP contribution in [-0.2, 0) is 9.59 Å². The van der Waals surface area contributed by atoms with E-state index in [2.05, 4.69) is 41.8 Å². The molecule has 2 heterocycles. The zero-order valence-electron chi connectivity index (χ0n) is 18.6. The predicted octanol–water partition coefficient (Wildman–Crippen LogP) is 7.69. The molecule has 2 N–H and O–H groups in total. The molecule has 1 aliphatic carbocycles. The fourth-order valence-electron chi connectivity index (χ4n) is 4.92. The summed E-state index contributed by atoms with van der Waals surface area (Å²) in [5, 5.41) is 1.78. The van der Waals surface area contributed by atoms with Gasteiger partial charge in [0.25, 0.3) is 0 Å². The zero-order chi connectivity index (χ0) is 24.3. The SMILES string of the molecule is Cc1[nH]c2ccccc2c1C1=C(Br)C(=O)C(Br)=C(c2c(-c3ccccc3)[nH]c3ccccc23)C1=O. The number of hydrogen-bond donors (Lipinski definition) is 2. The molecule has 35 heavy (non-hydrogen) atoms. The lowest BCUT2D eigenvalue weighted by Crippen LogP contribution is -2.19. The molecule has 3 aromatic carbocycles. The highest BCUT2D eigenvalue weighted by Crippen LogP contribution is 2.46. The van der Waals surface area contributed by atoms with Gasteiger partial charge in [0, 0.05) is 38.6 Å². The van der Waals surface area contributed by atoms with Crippen molar-refractivity contribution in [2.24, 2.45) is 0 Å². The second-order valence-electron chi connectivity index (χ2n) is 8.49. The molecule has 0 bridgehead atoms. The van der Waals surface area contributed by atoms with Crippen molar-refractivity contribution < 1.29 is 9.59 Å². The topological polar surface area (TPSA) is 65.7 Å². The van der Waals surface area contributed by atoms with Crippen LogP contribution in [0.1, 0.15) is 16.8 Å². The molecule has 1 aliphatic rings. The lowest BCUT2D eigenvalue weighted by Gasteiger charge is -2.20. The van der Waals surface area contributed by atoms with E-state index in [0.29, 0.717) is 16.7 Å². The number of aryl methyl sites for hydroxylation is 1. The third-order valence-electron chi connectivity index (χ3n) is 6.45. The quantitative estimate of drug-likeness (QED) is 0.213. The number of hydrogen-bond acceptors (Lipinski definition) is 2. The summed E-state index contributed by atoms with van der Waals surface area (Å²) in [6.45, 7) is 1.93. The Morgan fingerprint density at radius 3 is 1.77 bits per heavy atom. The second-order valence-corrected chi connectivity index (χ2v) is 10.1. The van der Waals surface area contributed by atoms with E-state index in [-0.39, 0.29) is 20.5 Å². The molecule has 6 rings (SSSR count). The Labute approximate surface area is 218 Å². The summed E-state index contributed by atoms with van der Waals surface area (Å²) in [6.07, 6.45) is 0. The zero-order valence-corrected chi connectivity index (χ0v) is 21.7. The number of carbonyl (C=O) groups excluding carboxylic acids is 2. The second kappa shape index (κ2) is 8.33. The number of benzene rings is 3. The lowest BCUT2D eigenvalue weighted by molar-refractivity contribution is -0.113. The number of para-hydroxylation sites is 2. The largest absolute Gasteiger partial charge is 0.358 e. The van der Waals surface area contributed by atoms with Crippen molar-refractivity contribution in [3.8, 4) is 11.3 Å². The maximum Gasteiger partial charge on any atom is 0.208 e. The van der Waals surface area contributed by atoms with Crippen LogP contribution in [0.2, 0.25) is 0 Å². The van der Waals surface area contributed by atoms with E-state index in [1.165, 1.54) is 0 Å². The number of aromatic amines is 2. The van der Waals surface area contributed by atoms with E-state index >= 15 is 0 Å². The Morgan fingerprint density at radius 1 is 0.600 bits per heavy atom. The Morgan fingerprint density at radius 2 is 1.11 bits per heavy atom. The first-order valence-corrected chi connectivity index (χ1v) is 12.7. The summed E-state index contributed by atoms with van der Waals surface area (Å²) in [4.78, 5) is 34.7. The van der Waals surface area contributed by atoms with Crippen LogP contribution in [0.25, 0.3) is 44.2 Å². The Kier molecular flexibility index (Phi) is 5.24. The third-order valence-corrected chi connectivity index (χ3v) is 7.97. The first-order chi connectivity index (χ1) is 17.0. The van der Waals surface area contributed by atoms with Crippen LogP contribution in [0.4, 0.5) is 0 Å². The smallest absolute Gasteiger partial charge is 0.208 e. The molecule has 0 fully saturated rings. The van der Waals surface area contributed by atoms with Crippen molar-refractivity contribution in [2.45, 2.75) is 6.92 Å². The van der Waals surface area contributed by atoms with Crippen LogP contribution in [0.3, 0.4) is 0 Å². The van der Waals surface area contributed by atoms with Gasteiger partial charge in [0.2, 0.25) is 5.78 Å². The molecule has 6 heteroatoms. The molecule has 4 nitrogen and oxygen atoms in total. The first-order valence-electron chi connectivity index (χ1n) is 11.1. The van der Waals surface area contributed by atoms with Gasteiger partial charge in [0.05, 0.1) is 25.8 Å². The van der Waals surface area contributed by atoms with E-state index in [9.17, 15) is 9.59 Å². The van der Waals surface area contributed by atoms with E-state index in [1.54, 1.807) is 0 Å². The molecule has 170 valence electrons. The number of halogens is 2. The molecule has 0 unspecified atom stereocenters. The van der Waals surface area contributed by atoms with Gasteiger partial charge in [0.1, 0.15) is 0 Å². The highest BCUT2D eigenvalue weighted by molar-refractivity contribution is 9.13. The number of ketones is 2. The highest BCUT2D eigenvalue weighted by Gasteiger charge is 2.37. The van der Waals surface area contributed by atoms with Crippen LogP contribution in [-0.4, -0.2) is 21.5 Å². The molecule has 5 aromatic rings. The van der Waals surface area contributed by atoms with Crippen LogP contribution < -0.4 is 0 Å². The van der Waals surface area contributed by atoms with E-state index < -0.39 is 0 Å². The van der Waals surface area contributed by atoms with Gasteiger partial charge in [0.15, 0.2) is 5.78 Å². The number of carbonyl (C=O) groups is 2. The fourth-order valence-corrected chi connectivity index (χ4v) is 6.34. The Hall–Kier alpha value is -3.48. The van der Waals surface area contributed by atoms with E-state index in [4.69, 9.17) is 0 Å². The average Bonchev–Trinajstić information content (AvgIpc) is 3.41. The van der Waals surface area contributed by atoms with Crippen LogP contribution in [0, 0.1) is 6.92 Å². The van der Waals surface area contributed by atoms with Gasteiger partial charge in [-0.05, 0) is 56.5 Å². The van der Waals surface area contributed by atoms with Gasteiger partial charge in [-0.2, -0.15) is 0 Å². The van der Waals surface area contributed by atoms with Crippen LogP contribution in [0.5, 0.6) is 0 Å². The number of allylic oxidation sites excluding steroid dienone is 4. The van der Waals surface area contributed by atoms with Gasteiger partial charge in [-0.25, -0.2) is 0 Å². The van der Waals surface area contributed by atoms with Gasteiger partial charge in [-0.1, -0.05) is 66.7 Å². The van der Waals surface area contributed by atoms with E-state index in [0.717, 1.165) is 44.3 Å². The number of H-pyrrole nitrogens is 2. The molecule has 2 aromatic heterocycles. The molecule has 0 amide bonds. The number of Topliss-reactive ketones (excluding diaryl/α,β-unsaturated/α-hetero) is 2. The standard InChI is InChI=1S/C29H18Br2N2O2/c1-15-21(17-11-5-7-13-19(17)32-15)23-25(30)29(35)26(31)24(28(23)34)22-18-12-6-8-14-20(18)33-27(22)16-9-3-2-4-10-16/h2-14,32-33H,1H3. The number of aromatic nitrogens is 2. The molecule has 0 saturated carbocycles. The van der Waals surface area contributed by atoms with Gasteiger partial charge in [-0.3, -0.25) is 9.59 Å². The van der Waals surface area contributed by atoms with Crippen molar-refractivity contribution in [3.05, 3.63) is 105 Å². The number of rotatable bonds is 3. The Balaban J connectivity index is 1.65. The summed E-state index contributed by atoms with van der Waals surface area (Å²) in [7, 11) is 0. The predicted molar refractivity (Wildman–Crippen MR) is 148 cm³/mol. The third kappa shape index (κ3) is 3.32. The highest BCUT2D eigenvalue weighted by atomic mass is 79.9. The van der Waals surface area contributed by atoms with Crippen molar-refractivity contribution in [1.82, 2.24) is 9.97 Å². The van der Waals surface area contributed by atoms with Crippen molar-refractivity contribution in [3.63, 3.8) is 0 Å². The molecular weight excluding hydrogens is 568 g/mol. The number of nitrogens with one attached hydrogen (secondary N) is 2. The molecule has 0 aliphatic heterocycles. The summed E-state index contributed by atoms with van der Waals surface area (Å²) in [5.41, 5.74) is 6.56. The monoisotopic (exact) mass is 584 g/mol. The minimum Gasteiger partial charge on any atom is -0.358 e. The van der Waals surface area contributed by atoms with Gasteiger partial charge < -0.3 is 9.97 Å². The Bertz CT molecular complexity index is 1750. The lowest BCUT2D eigenvalue weighted by atomic mass is 9.84. The van der Waals surface area contributed by atoms with Crippen molar-refractivity contribution in [1.29, 1.82) is 0 Å². The number of fused-ring (bicyclic) bond motifs is 2. The fraction of sp³-hybridized carbons (Fsp3) is 0.0345. The van der Waals surface area contributed by atoms with Crippen molar-refractivity contribution in [2.75, 3.05) is 0 Å². The van der Waals surface area contributed by atoms with Crippen LogP contribution >= 0.6 is 31.9 Å². The first kappa shape index (κ1) is 22.0. The van der Waals surface area contributed by atoms with Crippen LogP contribution in [0.15, 0.2) is 87.8 Å². The summed E-state index contributed by atoms with van der Waals surface area (Å²) in [6, 6.07) is 25.5. The molecule has 0 spiro atoms. The van der Waals surface area contributed by atoms with Gasteiger partial charge in [-0.15, -0.1) is 0 Å². The summed E-state index contributed by atoms with van der Waals surface area (Å²) < 4.78 is 0.504. The summed E-state index contributed by atoms with van der Waals surface area (Å²) in [5.74, 6) is -0.471. The minimum atomic E-state index is -0.261.